The number of rotatable bonds is 4. The first kappa shape index (κ1) is 11.8. The van der Waals surface area contributed by atoms with Crippen LogP contribution < -0.4 is 0 Å². The van der Waals surface area contributed by atoms with Gasteiger partial charge in [-0.3, -0.25) is 0 Å². The molecule has 0 bridgehead atoms. The van der Waals surface area contributed by atoms with Crippen LogP contribution in [0.25, 0.3) is 6.08 Å². The summed E-state index contributed by atoms with van der Waals surface area (Å²) in [5.41, 5.74) is 2.25. The van der Waals surface area contributed by atoms with Gasteiger partial charge in [0.15, 0.2) is 0 Å². The van der Waals surface area contributed by atoms with Gasteiger partial charge in [-0.25, -0.2) is 4.98 Å². The molecule has 4 heteroatoms. The molecule has 1 heterocycles. The lowest BCUT2D eigenvalue weighted by Crippen LogP contribution is -2.06. The van der Waals surface area contributed by atoms with Gasteiger partial charge in [0.1, 0.15) is 0 Å². The second-order valence-corrected chi connectivity index (χ2v) is 4.55. The van der Waals surface area contributed by atoms with E-state index in [1.165, 1.54) is 5.57 Å². The summed E-state index contributed by atoms with van der Waals surface area (Å²) in [7, 11) is 2.32. The van der Waals surface area contributed by atoms with Gasteiger partial charge in [0.2, 0.25) is 0 Å². The van der Waals surface area contributed by atoms with E-state index in [1.807, 2.05) is 6.92 Å². The van der Waals surface area contributed by atoms with Crippen LogP contribution in [0.4, 0.5) is 0 Å². The van der Waals surface area contributed by atoms with Crippen molar-refractivity contribution in [2.75, 3.05) is 0 Å². The zero-order valence-corrected chi connectivity index (χ0v) is 10.8. The molecule has 0 aliphatic heterocycles. The molecular formula is C10H16NOPS. The highest BCUT2D eigenvalue weighted by Crippen LogP contribution is 2.18. The van der Waals surface area contributed by atoms with E-state index in [-0.39, 0.29) is 6.10 Å². The van der Waals surface area contributed by atoms with Crippen LogP contribution in [0, 0.1) is 6.92 Å². The lowest BCUT2D eigenvalue weighted by molar-refractivity contribution is 0.276. The van der Waals surface area contributed by atoms with E-state index in [0.717, 1.165) is 17.1 Å². The summed E-state index contributed by atoms with van der Waals surface area (Å²) in [6, 6.07) is 0. The maximum Gasteiger partial charge on any atom is 0.0901 e. The van der Waals surface area contributed by atoms with Gasteiger partial charge in [-0.2, -0.15) is 0 Å². The van der Waals surface area contributed by atoms with Crippen molar-refractivity contribution in [3.8, 4) is 0 Å². The Hall–Kier alpha value is -0.240. The Bertz CT molecular complexity index is 318. The molecule has 1 aromatic rings. The third kappa shape index (κ3) is 3.16. The number of hydrogen-bond donors (Lipinski definition) is 0. The SMILES string of the molecule is CC[C@H](OP)/C(C)=C/c1csc(C)n1. The molecule has 2 atom stereocenters. The highest BCUT2D eigenvalue weighted by atomic mass is 32.1. The summed E-state index contributed by atoms with van der Waals surface area (Å²) < 4.78 is 5.26. The monoisotopic (exact) mass is 229 g/mol. The standard InChI is InChI=1S/C10H16NOPS/c1-4-10(12-13)7(2)5-9-6-14-8(3)11-9/h5-6,10H,4,13H2,1-3H3/b7-5+/t10-/m0/s1. The molecule has 0 spiro atoms. The first-order chi connectivity index (χ1) is 6.67. The number of aryl methyl sites for hydroxylation is 1. The largest absolute Gasteiger partial charge is 0.358 e. The fourth-order valence-electron chi connectivity index (χ4n) is 1.30. The summed E-state index contributed by atoms with van der Waals surface area (Å²) in [5, 5.41) is 3.16. The second-order valence-electron chi connectivity index (χ2n) is 3.21. The molecular weight excluding hydrogens is 213 g/mol. The maximum atomic E-state index is 5.26. The molecule has 14 heavy (non-hydrogen) atoms. The first-order valence-electron chi connectivity index (χ1n) is 4.63. The molecule has 0 saturated carbocycles. The summed E-state index contributed by atoms with van der Waals surface area (Å²) in [6.45, 7) is 6.20. The fraction of sp³-hybridized carbons (Fsp3) is 0.500. The molecule has 0 saturated heterocycles. The Kier molecular flexibility index (Phi) is 4.73. The van der Waals surface area contributed by atoms with Crippen LogP contribution in [0.2, 0.25) is 0 Å². The van der Waals surface area contributed by atoms with Crippen LogP contribution in [0.15, 0.2) is 11.0 Å². The van der Waals surface area contributed by atoms with Crippen molar-refractivity contribution in [3.05, 3.63) is 21.7 Å². The number of nitrogens with zero attached hydrogens (tertiary/aromatic N) is 1. The lowest BCUT2D eigenvalue weighted by Gasteiger charge is -2.12. The summed E-state index contributed by atoms with van der Waals surface area (Å²) in [6.07, 6.45) is 3.25. The minimum absolute atomic E-state index is 0.182. The molecule has 0 fully saturated rings. The van der Waals surface area contributed by atoms with E-state index < -0.39 is 0 Å². The van der Waals surface area contributed by atoms with E-state index >= 15 is 0 Å². The molecule has 0 aliphatic rings. The molecule has 1 aromatic heterocycles. The minimum atomic E-state index is 0.182. The van der Waals surface area contributed by atoms with Gasteiger partial charge in [0.05, 0.1) is 16.8 Å². The quantitative estimate of drug-likeness (QED) is 0.738. The van der Waals surface area contributed by atoms with Crippen molar-refractivity contribution in [1.82, 2.24) is 4.98 Å². The molecule has 0 N–H and O–H groups in total. The van der Waals surface area contributed by atoms with Gasteiger partial charge >= 0.3 is 0 Å². The Labute approximate surface area is 91.7 Å². The van der Waals surface area contributed by atoms with E-state index in [1.54, 1.807) is 11.3 Å². The zero-order valence-electron chi connectivity index (χ0n) is 8.78. The Morgan fingerprint density at radius 3 is 2.93 bits per heavy atom. The van der Waals surface area contributed by atoms with Gasteiger partial charge in [-0.1, -0.05) is 6.92 Å². The third-order valence-electron chi connectivity index (χ3n) is 2.06. The highest BCUT2D eigenvalue weighted by molar-refractivity contribution is 7.10. The molecule has 1 unspecified atom stereocenters. The van der Waals surface area contributed by atoms with E-state index in [2.05, 4.69) is 39.8 Å². The van der Waals surface area contributed by atoms with Crippen LogP contribution in [0.3, 0.4) is 0 Å². The van der Waals surface area contributed by atoms with Crippen molar-refractivity contribution in [3.63, 3.8) is 0 Å². The van der Waals surface area contributed by atoms with Crippen LogP contribution >= 0.6 is 20.8 Å². The van der Waals surface area contributed by atoms with Crippen molar-refractivity contribution < 1.29 is 4.52 Å². The van der Waals surface area contributed by atoms with Gasteiger partial charge in [0, 0.05) is 14.8 Å². The number of hydrogen-bond acceptors (Lipinski definition) is 3. The topological polar surface area (TPSA) is 22.1 Å². The van der Waals surface area contributed by atoms with Gasteiger partial charge in [0.25, 0.3) is 0 Å². The average molecular weight is 229 g/mol. The molecule has 0 aromatic carbocycles. The average Bonchev–Trinajstić information content (AvgIpc) is 2.53. The third-order valence-corrected chi connectivity index (χ3v) is 3.18. The van der Waals surface area contributed by atoms with Crippen molar-refractivity contribution >= 4 is 26.9 Å². The summed E-state index contributed by atoms with van der Waals surface area (Å²) >= 11 is 1.67. The molecule has 78 valence electrons. The normalized spacial score (nSPS) is 14.4. The Morgan fingerprint density at radius 1 is 1.79 bits per heavy atom. The predicted molar refractivity (Wildman–Crippen MR) is 65.4 cm³/mol. The minimum Gasteiger partial charge on any atom is -0.358 e. The van der Waals surface area contributed by atoms with Crippen LogP contribution in [-0.2, 0) is 4.52 Å². The van der Waals surface area contributed by atoms with Crippen LogP contribution in [-0.4, -0.2) is 11.1 Å². The number of aromatic nitrogens is 1. The van der Waals surface area contributed by atoms with Gasteiger partial charge < -0.3 is 4.52 Å². The Morgan fingerprint density at radius 2 is 2.50 bits per heavy atom. The van der Waals surface area contributed by atoms with E-state index in [9.17, 15) is 0 Å². The molecule has 0 aliphatic carbocycles. The lowest BCUT2D eigenvalue weighted by atomic mass is 10.1. The predicted octanol–water partition coefficient (Wildman–Crippen LogP) is 3.44. The summed E-state index contributed by atoms with van der Waals surface area (Å²) in [5.74, 6) is 0. The highest BCUT2D eigenvalue weighted by Gasteiger charge is 2.06. The van der Waals surface area contributed by atoms with Gasteiger partial charge in [-0.05, 0) is 31.9 Å². The molecule has 2 nitrogen and oxygen atoms in total. The van der Waals surface area contributed by atoms with Gasteiger partial charge in [-0.15, -0.1) is 11.3 Å². The van der Waals surface area contributed by atoms with Crippen molar-refractivity contribution in [2.45, 2.75) is 33.3 Å². The second kappa shape index (κ2) is 5.59. The fourth-order valence-corrected chi connectivity index (χ4v) is 2.28. The first-order valence-corrected chi connectivity index (χ1v) is 5.98. The van der Waals surface area contributed by atoms with Crippen LogP contribution in [0.1, 0.15) is 31.0 Å². The zero-order chi connectivity index (χ0) is 10.6. The van der Waals surface area contributed by atoms with Crippen molar-refractivity contribution in [2.24, 2.45) is 0 Å². The Balaban J connectivity index is 2.76. The molecule has 0 amide bonds. The van der Waals surface area contributed by atoms with Crippen LogP contribution in [0.5, 0.6) is 0 Å². The molecule has 0 radical (unpaired) electrons. The smallest absolute Gasteiger partial charge is 0.0901 e. The van der Waals surface area contributed by atoms with E-state index in [4.69, 9.17) is 4.52 Å². The maximum absolute atomic E-state index is 5.26. The van der Waals surface area contributed by atoms with Crippen molar-refractivity contribution in [1.29, 1.82) is 0 Å². The number of thiazole rings is 1. The van der Waals surface area contributed by atoms with E-state index in [0.29, 0.717) is 0 Å². The molecule has 1 rings (SSSR count). The summed E-state index contributed by atoms with van der Waals surface area (Å²) in [4.78, 5) is 4.38.